The van der Waals surface area contributed by atoms with E-state index in [1.807, 2.05) is 23.6 Å². The van der Waals surface area contributed by atoms with Gasteiger partial charge in [0.15, 0.2) is 11.6 Å². The van der Waals surface area contributed by atoms with E-state index in [-0.39, 0.29) is 16.5 Å². The third kappa shape index (κ3) is 6.06. The predicted molar refractivity (Wildman–Crippen MR) is 164 cm³/mol. The number of thiophene rings is 1. The molecule has 1 atom stereocenters. The summed E-state index contributed by atoms with van der Waals surface area (Å²) in [6.07, 6.45) is 0. The van der Waals surface area contributed by atoms with Crippen molar-refractivity contribution in [2.24, 2.45) is 5.73 Å². The Morgan fingerprint density at radius 3 is 2.17 bits per heavy atom. The van der Waals surface area contributed by atoms with E-state index in [1.165, 1.54) is 37.7 Å². The number of amides is 1. The topological polar surface area (TPSA) is 149 Å². The van der Waals surface area contributed by atoms with Gasteiger partial charge in [0.1, 0.15) is 17.5 Å². The van der Waals surface area contributed by atoms with Crippen LogP contribution in [-0.2, 0) is 14.8 Å². The number of aromatic nitrogens is 2. The van der Waals surface area contributed by atoms with Crippen molar-refractivity contribution >= 4 is 60.6 Å². The number of benzene rings is 3. The van der Waals surface area contributed by atoms with E-state index in [0.717, 1.165) is 5.00 Å². The highest BCUT2D eigenvalue weighted by Crippen LogP contribution is 2.33. The average Bonchev–Trinajstić information content (AvgIpc) is 3.52. The molecule has 1 amide bonds. The average molecular weight is 605 g/mol. The first kappa shape index (κ1) is 28.6. The lowest BCUT2D eigenvalue weighted by Crippen LogP contribution is -2.35. The molecule has 0 aliphatic rings. The van der Waals surface area contributed by atoms with Gasteiger partial charge in [-0.1, -0.05) is 24.3 Å². The Labute approximate surface area is 247 Å². The molecule has 0 aliphatic heterocycles. The zero-order chi connectivity index (χ0) is 29.9. The molecule has 0 aliphatic carbocycles. The van der Waals surface area contributed by atoms with Crippen molar-refractivity contribution in [3.8, 4) is 11.5 Å². The number of ether oxygens (including phenoxy) is 2. The van der Waals surface area contributed by atoms with Gasteiger partial charge in [0.2, 0.25) is 5.91 Å². The van der Waals surface area contributed by atoms with Crippen LogP contribution in [0.25, 0.3) is 11.0 Å². The number of fused-ring (bicyclic) bond motifs is 1. The summed E-state index contributed by atoms with van der Waals surface area (Å²) in [5.74, 6) is 0.579. The SMILES string of the molecule is COc1cc(Nc2nc3ccccc3nc2NS(=O)(=O)c2cccc(C(C(N)=O)N(C)c3cccs3)c2)cc(OC)c1. The highest BCUT2D eigenvalue weighted by atomic mass is 32.2. The number of para-hydroxylation sites is 2. The lowest BCUT2D eigenvalue weighted by atomic mass is 10.1. The minimum absolute atomic E-state index is 0.0250. The minimum Gasteiger partial charge on any atom is -0.497 e. The van der Waals surface area contributed by atoms with Crippen LogP contribution in [0.3, 0.4) is 0 Å². The van der Waals surface area contributed by atoms with Gasteiger partial charge in [0.05, 0.1) is 35.1 Å². The number of hydrogen-bond acceptors (Lipinski definition) is 10. The zero-order valence-electron chi connectivity index (χ0n) is 22.9. The molecule has 42 heavy (non-hydrogen) atoms. The predicted octanol–water partition coefficient (Wildman–Crippen LogP) is 4.92. The smallest absolute Gasteiger partial charge is 0.263 e. The number of methoxy groups -OCH3 is 2. The number of nitrogens with one attached hydrogen (secondary N) is 2. The lowest BCUT2D eigenvalue weighted by Gasteiger charge is -2.26. The molecule has 0 saturated heterocycles. The molecule has 5 aromatic rings. The Kier molecular flexibility index (Phi) is 8.13. The third-order valence-electron chi connectivity index (χ3n) is 6.41. The summed E-state index contributed by atoms with van der Waals surface area (Å²) in [6, 6.07) is 21.2. The molecule has 216 valence electrons. The number of carbonyl (C=O) groups is 1. The fourth-order valence-corrected chi connectivity index (χ4v) is 6.18. The molecular weight excluding hydrogens is 576 g/mol. The lowest BCUT2D eigenvalue weighted by molar-refractivity contribution is -0.119. The molecule has 5 rings (SSSR count). The molecule has 0 fully saturated rings. The molecule has 13 heteroatoms. The summed E-state index contributed by atoms with van der Waals surface area (Å²) in [5, 5.41) is 5.82. The molecule has 2 aromatic heterocycles. The second-order valence-electron chi connectivity index (χ2n) is 9.18. The zero-order valence-corrected chi connectivity index (χ0v) is 24.6. The monoisotopic (exact) mass is 604 g/mol. The number of carbonyl (C=O) groups excluding carboxylic acids is 1. The second kappa shape index (κ2) is 11.9. The van der Waals surface area contributed by atoms with Crippen LogP contribution in [0.4, 0.5) is 22.3 Å². The van der Waals surface area contributed by atoms with Gasteiger partial charge in [-0.2, -0.15) is 0 Å². The maximum atomic E-state index is 13.7. The van der Waals surface area contributed by atoms with E-state index in [0.29, 0.717) is 33.8 Å². The fraction of sp³-hybridized carbons (Fsp3) is 0.138. The normalized spacial score (nSPS) is 12.0. The molecule has 0 spiro atoms. The molecule has 4 N–H and O–H groups in total. The first-order chi connectivity index (χ1) is 20.2. The standard InChI is InChI=1S/C29H28N6O5S2/c1-35(25-12-7-13-41-25)26(27(30)36)18-8-6-9-22(14-18)42(37,38)34-29-28(32-23-10-4-5-11-24(23)33-29)31-19-15-20(39-2)17-21(16-19)40-3/h4-17,26H,1-3H3,(H2,30,36)(H,31,32)(H,33,34). The molecular formula is C29H28N6O5S2. The third-order valence-corrected chi connectivity index (χ3v) is 8.71. The van der Waals surface area contributed by atoms with Crippen molar-refractivity contribution in [2.45, 2.75) is 10.9 Å². The van der Waals surface area contributed by atoms with Crippen molar-refractivity contribution in [2.75, 3.05) is 36.2 Å². The van der Waals surface area contributed by atoms with Gasteiger partial charge in [-0.15, -0.1) is 11.3 Å². The van der Waals surface area contributed by atoms with Crippen LogP contribution in [-0.4, -0.2) is 45.6 Å². The number of likely N-dealkylation sites (N-methyl/N-ethyl adjacent to an activating group) is 1. The summed E-state index contributed by atoms with van der Waals surface area (Å²) in [6.45, 7) is 0. The van der Waals surface area contributed by atoms with Crippen molar-refractivity contribution in [3.05, 3.63) is 89.8 Å². The quantitative estimate of drug-likeness (QED) is 0.191. The van der Waals surface area contributed by atoms with E-state index < -0.39 is 22.0 Å². The number of rotatable bonds is 11. The Morgan fingerprint density at radius 1 is 0.905 bits per heavy atom. The van der Waals surface area contributed by atoms with Gasteiger partial charge in [-0.05, 0) is 47.3 Å². The van der Waals surface area contributed by atoms with Crippen molar-refractivity contribution < 1.29 is 22.7 Å². The molecule has 3 aromatic carbocycles. The molecule has 0 bridgehead atoms. The first-order valence-corrected chi connectivity index (χ1v) is 15.0. The maximum absolute atomic E-state index is 13.7. The van der Waals surface area contributed by atoms with Crippen molar-refractivity contribution in [3.63, 3.8) is 0 Å². The summed E-state index contributed by atoms with van der Waals surface area (Å²) in [5.41, 5.74) is 7.77. The first-order valence-electron chi connectivity index (χ1n) is 12.6. The van der Waals surface area contributed by atoms with Crippen LogP contribution in [0.2, 0.25) is 0 Å². The molecule has 11 nitrogen and oxygen atoms in total. The van der Waals surface area contributed by atoms with Gasteiger partial charge in [0.25, 0.3) is 10.0 Å². The maximum Gasteiger partial charge on any atom is 0.263 e. The summed E-state index contributed by atoms with van der Waals surface area (Å²) in [4.78, 5) is 23.3. The van der Waals surface area contributed by atoms with Gasteiger partial charge in [-0.25, -0.2) is 18.4 Å². The van der Waals surface area contributed by atoms with Crippen LogP contribution in [0.1, 0.15) is 11.6 Å². The number of nitrogens with two attached hydrogens (primary N) is 1. The Balaban J connectivity index is 1.53. The van der Waals surface area contributed by atoms with Crippen LogP contribution in [0.5, 0.6) is 11.5 Å². The van der Waals surface area contributed by atoms with Crippen LogP contribution in [0, 0.1) is 0 Å². The molecule has 0 saturated carbocycles. The van der Waals surface area contributed by atoms with Crippen molar-refractivity contribution in [1.82, 2.24) is 9.97 Å². The van der Waals surface area contributed by atoms with Crippen molar-refractivity contribution in [1.29, 1.82) is 0 Å². The van der Waals surface area contributed by atoms with E-state index in [1.54, 1.807) is 60.5 Å². The summed E-state index contributed by atoms with van der Waals surface area (Å²) < 4.78 is 40.7. The van der Waals surface area contributed by atoms with E-state index in [2.05, 4.69) is 20.0 Å². The molecule has 2 heterocycles. The van der Waals surface area contributed by atoms with E-state index in [9.17, 15) is 13.2 Å². The van der Waals surface area contributed by atoms with E-state index in [4.69, 9.17) is 15.2 Å². The van der Waals surface area contributed by atoms with Crippen LogP contribution >= 0.6 is 11.3 Å². The highest BCUT2D eigenvalue weighted by molar-refractivity contribution is 7.92. The summed E-state index contributed by atoms with van der Waals surface area (Å²) in [7, 11) is 0.601. The van der Waals surface area contributed by atoms with Crippen LogP contribution in [0.15, 0.2) is 89.1 Å². The second-order valence-corrected chi connectivity index (χ2v) is 11.8. The van der Waals surface area contributed by atoms with Gasteiger partial charge in [-0.3, -0.25) is 9.52 Å². The highest BCUT2D eigenvalue weighted by Gasteiger charge is 2.26. The van der Waals surface area contributed by atoms with Gasteiger partial charge in [0, 0.05) is 30.9 Å². The molecule has 0 radical (unpaired) electrons. The summed E-state index contributed by atoms with van der Waals surface area (Å²) >= 11 is 1.44. The number of hydrogen-bond donors (Lipinski definition) is 3. The van der Waals surface area contributed by atoms with Gasteiger partial charge >= 0.3 is 0 Å². The Hall–Kier alpha value is -4.88. The fourth-order valence-electron chi connectivity index (χ4n) is 4.39. The Morgan fingerprint density at radius 2 is 1.57 bits per heavy atom. The van der Waals surface area contributed by atoms with Gasteiger partial charge < -0.3 is 25.4 Å². The van der Waals surface area contributed by atoms with Crippen LogP contribution < -0.4 is 30.1 Å². The number of primary amides is 1. The number of nitrogens with zero attached hydrogens (tertiary/aromatic N) is 3. The largest absolute Gasteiger partial charge is 0.497 e. The van der Waals surface area contributed by atoms with E-state index >= 15 is 0 Å². The number of sulfonamides is 1. The molecule has 1 unspecified atom stereocenters. The minimum atomic E-state index is -4.19. The number of anilines is 4. The Bertz CT molecular complexity index is 1820.